The molecular formula is C13H25ClN4. The molecule has 0 aromatic carbocycles. The number of nitrogens with zero attached hydrogens (tertiary/aromatic N) is 3. The van der Waals surface area contributed by atoms with E-state index in [9.17, 15) is 0 Å². The van der Waals surface area contributed by atoms with Gasteiger partial charge in [0.15, 0.2) is 0 Å². The highest BCUT2D eigenvalue weighted by Gasteiger charge is 2.16. The SMILES string of the molecule is Cc1nn(C)c(CNC(CN(C)C)C(C)C)c1Cl. The zero-order valence-electron chi connectivity index (χ0n) is 12.3. The first-order valence-corrected chi connectivity index (χ1v) is 6.76. The van der Waals surface area contributed by atoms with Crippen LogP contribution >= 0.6 is 11.6 Å². The molecule has 5 heteroatoms. The highest BCUT2D eigenvalue weighted by molar-refractivity contribution is 6.31. The molecule has 0 aliphatic heterocycles. The fourth-order valence-corrected chi connectivity index (χ4v) is 2.23. The van der Waals surface area contributed by atoms with Gasteiger partial charge in [0.1, 0.15) is 0 Å². The number of likely N-dealkylation sites (N-methyl/N-ethyl adjacent to an activating group) is 1. The normalized spacial score (nSPS) is 13.6. The number of halogens is 1. The first-order valence-electron chi connectivity index (χ1n) is 6.39. The quantitative estimate of drug-likeness (QED) is 0.861. The van der Waals surface area contributed by atoms with Crippen molar-refractivity contribution in [2.75, 3.05) is 20.6 Å². The summed E-state index contributed by atoms with van der Waals surface area (Å²) < 4.78 is 1.86. The van der Waals surface area contributed by atoms with Crippen LogP contribution in [0.1, 0.15) is 25.2 Å². The maximum absolute atomic E-state index is 6.25. The van der Waals surface area contributed by atoms with Gasteiger partial charge in [-0.25, -0.2) is 0 Å². The summed E-state index contributed by atoms with van der Waals surface area (Å²) in [5, 5.41) is 8.68. The first kappa shape index (κ1) is 15.5. The summed E-state index contributed by atoms with van der Waals surface area (Å²) in [6.45, 7) is 8.18. The largest absolute Gasteiger partial charge is 0.308 e. The summed E-state index contributed by atoms with van der Waals surface area (Å²) in [5.41, 5.74) is 1.95. The zero-order chi connectivity index (χ0) is 13.9. The van der Waals surface area contributed by atoms with E-state index < -0.39 is 0 Å². The second kappa shape index (κ2) is 6.55. The fourth-order valence-electron chi connectivity index (χ4n) is 2.00. The van der Waals surface area contributed by atoms with Gasteiger partial charge in [0.2, 0.25) is 0 Å². The molecule has 1 heterocycles. The molecule has 1 unspecified atom stereocenters. The second-order valence-corrected chi connectivity index (χ2v) is 5.84. The third-order valence-corrected chi connectivity index (χ3v) is 3.65. The predicted molar refractivity (Wildman–Crippen MR) is 77.0 cm³/mol. The summed E-state index contributed by atoms with van der Waals surface area (Å²) in [6, 6.07) is 0.450. The Kier molecular flexibility index (Phi) is 5.63. The second-order valence-electron chi connectivity index (χ2n) is 5.46. The van der Waals surface area contributed by atoms with Crippen LogP contribution in [-0.4, -0.2) is 41.4 Å². The number of hydrogen-bond donors (Lipinski definition) is 1. The Hall–Kier alpha value is -0.580. The van der Waals surface area contributed by atoms with Crippen molar-refractivity contribution in [3.05, 3.63) is 16.4 Å². The average Bonchev–Trinajstić information content (AvgIpc) is 2.48. The standard InChI is InChI=1S/C13H25ClN4/c1-9(2)11(8-17(4)5)15-7-12-13(14)10(3)16-18(12)6/h9,11,15H,7-8H2,1-6H3. The minimum atomic E-state index is 0.450. The molecule has 0 spiro atoms. The summed E-state index contributed by atoms with van der Waals surface area (Å²) in [6.07, 6.45) is 0. The van der Waals surface area contributed by atoms with Gasteiger partial charge in [0.05, 0.1) is 16.4 Å². The molecule has 0 radical (unpaired) electrons. The molecule has 0 saturated carbocycles. The van der Waals surface area contributed by atoms with Crippen LogP contribution in [0.4, 0.5) is 0 Å². The van der Waals surface area contributed by atoms with E-state index in [1.54, 1.807) is 0 Å². The van der Waals surface area contributed by atoms with E-state index in [-0.39, 0.29) is 0 Å². The lowest BCUT2D eigenvalue weighted by molar-refractivity contribution is 0.286. The fraction of sp³-hybridized carbons (Fsp3) is 0.769. The Morgan fingerprint density at radius 1 is 1.39 bits per heavy atom. The molecule has 1 aromatic rings. The van der Waals surface area contributed by atoms with Crippen LogP contribution < -0.4 is 5.32 Å². The molecular weight excluding hydrogens is 248 g/mol. The minimum absolute atomic E-state index is 0.450. The Morgan fingerprint density at radius 3 is 2.39 bits per heavy atom. The Morgan fingerprint density at radius 2 is 2.00 bits per heavy atom. The summed E-state index contributed by atoms with van der Waals surface area (Å²) in [4.78, 5) is 2.20. The van der Waals surface area contributed by atoms with Crippen molar-refractivity contribution in [3.8, 4) is 0 Å². The molecule has 0 aliphatic rings. The molecule has 0 saturated heterocycles. The van der Waals surface area contributed by atoms with Crippen LogP contribution in [0.15, 0.2) is 0 Å². The smallest absolute Gasteiger partial charge is 0.0860 e. The van der Waals surface area contributed by atoms with E-state index >= 15 is 0 Å². The van der Waals surface area contributed by atoms with Crippen molar-refractivity contribution in [3.63, 3.8) is 0 Å². The number of aryl methyl sites for hydroxylation is 2. The van der Waals surface area contributed by atoms with Crippen molar-refractivity contribution in [2.24, 2.45) is 13.0 Å². The summed E-state index contributed by atoms with van der Waals surface area (Å²) in [5.74, 6) is 0.584. The molecule has 104 valence electrons. The van der Waals surface area contributed by atoms with Crippen molar-refractivity contribution in [2.45, 2.75) is 33.4 Å². The van der Waals surface area contributed by atoms with E-state index in [1.165, 1.54) is 0 Å². The van der Waals surface area contributed by atoms with Crippen LogP contribution in [0, 0.1) is 12.8 Å². The molecule has 1 atom stereocenters. The average molecular weight is 273 g/mol. The Labute approximate surface area is 115 Å². The van der Waals surface area contributed by atoms with E-state index in [2.05, 4.69) is 43.3 Å². The van der Waals surface area contributed by atoms with Gasteiger partial charge < -0.3 is 10.2 Å². The van der Waals surface area contributed by atoms with Crippen molar-refractivity contribution < 1.29 is 0 Å². The lowest BCUT2D eigenvalue weighted by Crippen LogP contribution is -2.41. The van der Waals surface area contributed by atoms with Crippen LogP contribution in [0.25, 0.3) is 0 Å². The van der Waals surface area contributed by atoms with Crippen LogP contribution in [0.2, 0.25) is 5.02 Å². The highest BCUT2D eigenvalue weighted by atomic mass is 35.5. The van der Waals surface area contributed by atoms with Crippen molar-refractivity contribution in [1.29, 1.82) is 0 Å². The minimum Gasteiger partial charge on any atom is -0.308 e. The maximum atomic E-state index is 6.25. The number of rotatable bonds is 6. The third kappa shape index (κ3) is 3.97. The van der Waals surface area contributed by atoms with Gasteiger partial charge >= 0.3 is 0 Å². The zero-order valence-corrected chi connectivity index (χ0v) is 13.0. The number of hydrogen-bond acceptors (Lipinski definition) is 3. The van der Waals surface area contributed by atoms with Gasteiger partial charge in [-0.1, -0.05) is 25.4 Å². The monoisotopic (exact) mass is 272 g/mol. The first-order chi connectivity index (χ1) is 8.32. The van der Waals surface area contributed by atoms with E-state index in [0.717, 1.165) is 29.5 Å². The molecule has 1 N–H and O–H groups in total. The van der Waals surface area contributed by atoms with Gasteiger partial charge in [0.25, 0.3) is 0 Å². The Bertz CT molecular complexity index is 385. The number of nitrogens with one attached hydrogen (secondary N) is 1. The number of aromatic nitrogens is 2. The predicted octanol–water partition coefficient (Wildman–Crippen LogP) is 2.06. The van der Waals surface area contributed by atoms with E-state index in [1.807, 2.05) is 18.7 Å². The van der Waals surface area contributed by atoms with E-state index in [0.29, 0.717) is 12.0 Å². The summed E-state index contributed by atoms with van der Waals surface area (Å²) >= 11 is 6.25. The van der Waals surface area contributed by atoms with Gasteiger partial charge in [0, 0.05) is 26.2 Å². The van der Waals surface area contributed by atoms with Gasteiger partial charge in [-0.2, -0.15) is 5.10 Å². The third-order valence-electron chi connectivity index (χ3n) is 3.16. The van der Waals surface area contributed by atoms with Crippen LogP contribution in [0.5, 0.6) is 0 Å². The molecule has 4 nitrogen and oxygen atoms in total. The molecule has 0 fully saturated rings. The van der Waals surface area contributed by atoms with Crippen molar-refractivity contribution >= 4 is 11.6 Å². The van der Waals surface area contributed by atoms with Crippen molar-refractivity contribution in [1.82, 2.24) is 20.0 Å². The van der Waals surface area contributed by atoms with Crippen LogP contribution in [-0.2, 0) is 13.6 Å². The molecule has 0 bridgehead atoms. The van der Waals surface area contributed by atoms with Gasteiger partial charge in [-0.05, 0) is 26.9 Å². The maximum Gasteiger partial charge on any atom is 0.0860 e. The molecule has 0 aliphatic carbocycles. The van der Waals surface area contributed by atoms with Crippen LogP contribution in [0.3, 0.4) is 0 Å². The molecule has 1 rings (SSSR count). The lowest BCUT2D eigenvalue weighted by Gasteiger charge is -2.25. The summed E-state index contributed by atoms with van der Waals surface area (Å²) in [7, 11) is 6.13. The van der Waals surface area contributed by atoms with Gasteiger partial charge in [-0.15, -0.1) is 0 Å². The molecule has 1 aromatic heterocycles. The van der Waals surface area contributed by atoms with Gasteiger partial charge in [-0.3, -0.25) is 4.68 Å². The highest BCUT2D eigenvalue weighted by Crippen LogP contribution is 2.19. The Balaban J connectivity index is 2.67. The topological polar surface area (TPSA) is 33.1 Å². The molecule has 0 amide bonds. The van der Waals surface area contributed by atoms with E-state index in [4.69, 9.17) is 11.6 Å². The lowest BCUT2D eigenvalue weighted by atomic mass is 10.0. The molecule has 18 heavy (non-hydrogen) atoms.